The van der Waals surface area contributed by atoms with Crippen LogP contribution in [0.2, 0.25) is 5.02 Å². The van der Waals surface area contributed by atoms with Crippen LogP contribution >= 0.6 is 11.6 Å². The van der Waals surface area contributed by atoms with Crippen LogP contribution in [0.3, 0.4) is 0 Å². The first-order valence-corrected chi connectivity index (χ1v) is 8.91. The lowest BCUT2D eigenvalue weighted by molar-refractivity contribution is 0.0983. The van der Waals surface area contributed by atoms with E-state index in [2.05, 4.69) is 5.32 Å². The number of para-hydroxylation sites is 1. The fraction of sp³-hybridized carbons (Fsp3) is 0.136. The molecule has 0 radical (unpaired) electrons. The minimum Gasteiger partial charge on any atom is -0.488 e. The van der Waals surface area contributed by atoms with Crippen LogP contribution in [0.5, 0.6) is 5.75 Å². The molecule has 0 saturated carbocycles. The van der Waals surface area contributed by atoms with Crippen molar-refractivity contribution in [1.29, 1.82) is 0 Å². The molecule has 0 aromatic heterocycles. The number of ether oxygens (including phenoxy) is 1. The summed E-state index contributed by atoms with van der Waals surface area (Å²) in [6, 6.07) is 24.7. The molecule has 1 aliphatic rings. The molecule has 3 aromatic rings. The highest BCUT2D eigenvalue weighted by Gasteiger charge is 2.44. The lowest BCUT2D eigenvalue weighted by atomic mass is 10.0. The summed E-state index contributed by atoms with van der Waals surface area (Å²) in [5.74, 6) is 0.665. The SMILES string of the molecule is O=C(c1ccccc1OCc1ccccc1)C1NC1c1ccc(Cl)cc1. The van der Waals surface area contributed by atoms with E-state index >= 15 is 0 Å². The number of ketones is 1. The molecule has 1 saturated heterocycles. The van der Waals surface area contributed by atoms with Gasteiger partial charge in [0.05, 0.1) is 17.6 Å². The van der Waals surface area contributed by atoms with Crippen molar-refractivity contribution in [3.63, 3.8) is 0 Å². The van der Waals surface area contributed by atoms with Gasteiger partial charge in [0.15, 0.2) is 5.78 Å². The van der Waals surface area contributed by atoms with Gasteiger partial charge in [-0.2, -0.15) is 0 Å². The maximum atomic E-state index is 12.9. The third-order valence-corrected chi connectivity index (χ3v) is 4.74. The van der Waals surface area contributed by atoms with Crippen molar-refractivity contribution < 1.29 is 9.53 Å². The van der Waals surface area contributed by atoms with Crippen LogP contribution < -0.4 is 10.1 Å². The molecule has 0 spiro atoms. The Hall–Kier alpha value is -2.62. The Morgan fingerprint density at radius 1 is 0.923 bits per heavy atom. The lowest BCUT2D eigenvalue weighted by Crippen LogP contribution is -2.12. The minimum atomic E-state index is -0.224. The summed E-state index contributed by atoms with van der Waals surface area (Å²) in [6.07, 6.45) is 0. The van der Waals surface area contributed by atoms with Crippen molar-refractivity contribution in [3.05, 3.63) is 101 Å². The van der Waals surface area contributed by atoms with Gasteiger partial charge in [0.2, 0.25) is 0 Å². The van der Waals surface area contributed by atoms with Gasteiger partial charge in [-0.25, -0.2) is 0 Å². The van der Waals surface area contributed by atoms with Gasteiger partial charge in [-0.15, -0.1) is 0 Å². The molecule has 1 aliphatic heterocycles. The zero-order chi connectivity index (χ0) is 17.9. The quantitative estimate of drug-likeness (QED) is 0.504. The molecule has 1 N–H and O–H groups in total. The van der Waals surface area contributed by atoms with Crippen LogP contribution in [-0.4, -0.2) is 11.8 Å². The summed E-state index contributed by atoms with van der Waals surface area (Å²) >= 11 is 5.93. The van der Waals surface area contributed by atoms with Crippen molar-refractivity contribution in [3.8, 4) is 5.75 Å². The van der Waals surface area contributed by atoms with Crippen molar-refractivity contribution in [1.82, 2.24) is 5.32 Å². The van der Waals surface area contributed by atoms with E-state index in [-0.39, 0.29) is 17.9 Å². The van der Waals surface area contributed by atoms with E-state index in [1.54, 1.807) is 0 Å². The fourth-order valence-corrected chi connectivity index (χ4v) is 3.15. The second-order valence-corrected chi connectivity index (χ2v) is 6.74. The third-order valence-electron chi connectivity index (χ3n) is 4.48. The number of benzene rings is 3. The average Bonchev–Trinajstić information content (AvgIpc) is 3.48. The number of hydrogen-bond donors (Lipinski definition) is 1. The van der Waals surface area contributed by atoms with Gasteiger partial charge in [0.25, 0.3) is 0 Å². The molecule has 3 nitrogen and oxygen atoms in total. The summed E-state index contributed by atoms with van der Waals surface area (Å²) in [5.41, 5.74) is 2.74. The van der Waals surface area contributed by atoms with Crippen LogP contribution in [0.25, 0.3) is 0 Å². The molecular weight excluding hydrogens is 346 g/mol. The Labute approximate surface area is 157 Å². The standard InChI is InChI=1S/C22H18ClNO2/c23-17-12-10-16(11-13-17)20-21(24-20)22(25)18-8-4-5-9-19(18)26-14-15-6-2-1-3-7-15/h1-13,20-21,24H,14H2. The first kappa shape index (κ1) is 16.8. The first-order valence-electron chi connectivity index (χ1n) is 8.54. The van der Waals surface area contributed by atoms with Gasteiger partial charge >= 0.3 is 0 Å². The van der Waals surface area contributed by atoms with Gasteiger partial charge in [-0.3, -0.25) is 10.1 Å². The first-order chi connectivity index (χ1) is 12.7. The predicted octanol–water partition coefficient (Wildman–Crippen LogP) is 4.81. The van der Waals surface area contributed by atoms with Crippen molar-refractivity contribution >= 4 is 17.4 Å². The summed E-state index contributed by atoms with van der Waals surface area (Å²) < 4.78 is 5.91. The molecule has 0 amide bonds. The van der Waals surface area contributed by atoms with E-state index < -0.39 is 0 Å². The highest BCUT2D eigenvalue weighted by Crippen LogP contribution is 2.34. The monoisotopic (exact) mass is 363 g/mol. The van der Waals surface area contributed by atoms with E-state index in [0.29, 0.717) is 22.9 Å². The van der Waals surface area contributed by atoms with E-state index in [0.717, 1.165) is 11.1 Å². The molecular formula is C22H18ClNO2. The zero-order valence-electron chi connectivity index (χ0n) is 14.1. The Morgan fingerprint density at radius 3 is 2.38 bits per heavy atom. The van der Waals surface area contributed by atoms with Gasteiger partial charge in [0, 0.05) is 5.02 Å². The fourth-order valence-electron chi connectivity index (χ4n) is 3.02. The van der Waals surface area contributed by atoms with E-state index in [4.69, 9.17) is 16.3 Å². The number of Topliss-reactive ketones (excluding diaryl/α,β-unsaturated/α-hetero) is 1. The second kappa shape index (κ2) is 7.32. The summed E-state index contributed by atoms with van der Waals surface area (Å²) in [6.45, 7) is 0.434. The smallest absolute Gasteiger partial charge is 0.185 e. The Kier molecular flexibility index (Phi) is 4.74. The zero-order valence-corrected chi connectivity index (χ0v) is 14.8. The highest BCUT2D eigenvalue weighted by atomic mass is 35.5. The number of hydrogen-bond acceptors (Lipinski definition) is 3. The molecule has 4 heteroatoms. The van der Waals surface area contributed by atoms with E-state index in [1.807, 2.05) is 78.9 Å². The number of nitrogens with one attached hydrogen (secondary N) is 1. The minimum absolute atomic E-state index is 0.0296. The molecule has 0 bridgehead atoms. The molecule has 130 valence electrons. The molecule has 2 atom stereocenters. The van der Waals surface area contributed by atoms with E-state index in [9.17, 15) is 4.79 Å². The predicted molar refractivity (Wildman–Crippen MR) is 103 cm³/mol. The molecule has 26 heavy (non-hydrogen) atoms. The Morgan fingerprint density at radius 2 is 1.62 bits per heavy atom. The van der Waals surface area contributed by atoms with Gasteiger partial charge in [0.1, 0.15) is 12.4 Å². The molecule has 3 aromatic carbocycles. The molecule has 0 aliphatic carbocycles. The van der Waals surface area contributed by atoms with Crippen LogP contribution in [0.1, 0.15) is 27.5 Å². The van der Waals surface area contributed by atoms with Gasteiger partial charge < -0.3 is 4.74 Å². The molecule has 2 unspecified atom stereocenters. The molecule has 1 heterocycles. The van der Waals surface area contributed by atoms with Gasteiger partial charge in [-0.1, -0.05) is 66.2 Å². The number of carbonyl (C=O) groups is 1. The summed E-state index contributed by atoms with van der Waals surface area (Å²) in [4.78, 5) is 12.9. The second-order valence-electron chi connectivity index (χ2n) is 6.31. The highest BCUT2D eigenvalue weighted by molar-refractivity contribution is 6.30. The van der Waals surface area contributed by atoms with Crippen LogP contribution in [-0.2, 0) is 6.61 Å². The average molecular weight is 364 g/mol. The Balaban J connectivity index is 1.48. The number of carbonyl (C=O) groups excluding carboxylic acids is 1. The van der Waals surface area contributed by atoms with Crippen molar-refractivity contribution in [2.45, 2.75) is 18.7 Å². The maximum Gasteiger partial charge on any atom is 0.185 e. The topological polar surface area (TPSA) is 48.2 Å². The largest absolute Gasteiger partial charge is 0.488 e. The summed E-state index contributed by atoms with van der Waals surface area (Å²) in [7, 11) is 0. The molecule has 4 rings (SSSR count). The van der Waals surface area contributed by atoms with Crippen molar-refractivity contribution in [2.75, 3.05) is 0 Å². The summed E-state index contributed by atoms with van der Waals surface area (Å²) in [5, 5.41) is 3.95. The van der Waals surface area contributed by atoms with Crippen LogP contribution in [0.15, 0.2) is 78.9 Å². The number of halogens is 1. The maximum absolute atomic E-state index is 12.9. The molecule has 1 fully saturated rings. The van der Waals surface area contributed by atoms with Crippen LogP contribution in [0, 0.1) is 0 Å². The van der Waals surface area contributed by atoms with Crippen LogP contribution in [0.4, 0.5) is 0 Å². The number of rotatable bonds is 6. The third kappa shape index (κ3) is 3.64. The normalized spacial score (nSPS) is 18.3. The van der Waals surface area contributed by atoms with Gasteiger partial charge in [-0.05, 0) is 35.4 Å². The van der Waals surface area contributed by atoms with Crippen molar-refractivity contribution in [2.24, 2.45) is 0 Å². The Bertz CT molecular complexity index is 909. The lowest BCUT2D eigenvalue weighted by Gasteiger charge is -2.10. The van der Waals surface area contributed by atoms with E-state index in [1.165, 1.54) is 0 Å².